The monoisotopic (exact) mass is 256 g/mol. The molecule has 0 fully saturated rings. The van der Waals surface area contributed by atoms with Gasteiger partial charge in [0.05, 0.1) is 4.92 Å². The molecule has 0 aromatic carbocycles. The standard InChI is InChI=1S/C11H20N4O3/c1-9-10(15(17)18)11(14(3)12-9)13(2)7-5-4-6-8-16/h16H,4-8H2,1-3H3. The van der Waals surface area contributed by atoms with Crippen LogP contribution in [0.25, 0.3) is 0 Å². The number of aryl methyl sites for hydroxylation is 2. The van der Waals surface area contributed by atoms with E-state index in [2.05, 4.69) is 5.10 Å². The van der Waals surface area contributed by atoms with Crippen molar-refractivity contribution in [1.29, 1.82) is 0 Å². The molecule has 0 bridgehead atoms. The van der Waals surface area contributed by atoms with Crippen LogP contribution < -0.4 is 4.90 Å². The van der Waals surface area contributed by atoms with Gasteiger partial charge in [0.25, 0.3) is 0 Å². The summed E-state index contributed by atoms with van der Waals surface area (Å²) in [4.78, 5) is 12.5. The lowest BCUT2D eigenvalue weighted by Gasteiger charge is -2.18. The Balaban J connectivity index is 2.78. The molecule has 7 heteroatoms. The van der Waals surface area contributed by atoms with Gasteiger partial charge < -0.3 is 10.0 Å². The number of hydrogen-bond acceptors (Lipinski definition) is 5. The highest BCUT2D eigenvalue weighted by molar-refractivity contribution is 5.60. The summed E-state index contributed by atoms with van der Waals surface area (Å²) in [5, 5.41) is 23.8. The first kappa shape index (κ1) is 14.4. The molecule has 7 nitrogen and oxygen atoms in total. The average Bonchev–Trinajstić information content (AvgIpc) is 2.59. The summed E-state index contributed by atoms with van der Waals surface area (Å²) in [6.07, 6.45) is 2.56. The Morgan fingerprint density at radius 2 is 2.11 bits per heavy atom. The maximum Gasteiger partial charge on any atom is 0.333 e. The SMILES string of the molecule is Cc1nn(C)c(N(C)CCCCCO)c1[N+](=O)[O-]. The quantitative estimate of drug-likeness (QED) is 0.450. The van der Waals surface area contributed by atoms with Gasteiger partial charge in [0.15, 0.2) is 0 Å². The minimum atomic E-state index is -0.387. The van der Waals surface area contributed by atoms with Crippen molar-refractivity contribution in [2.24, 2.45) is 7.05 Å². The second-order valence-corrected chi connectivity index (χ2v) is 4.34. The molecule has 1 N–H and O–H groups in total. The van der Waals surface area contributed by atoms with Crippen molar-refractivity contribution >= 4 is 11.5 Å². The first-order valence-electron chi connectivity index (χ1n) is 5.99. The van der Waals surface area contributed by atoms with Crippen LogP contribution in [0.3, 0.4) is 0 Å². The number of nitrogens with zero attached hydrogens (tertiary/aromatic N) is 4. The molecule has 0 amide bonds. The van der Waals surface area contributed by atoms with E-state index < -0.39 is 0 Å². The third kappa shape index (κ3) is 3.19. The van der Waals surface area contributed by atoms with E-state index in [1.54, 1.807) is 18.7 Å². The van der Waals surface area contributed by atoms with Crippen molar-refractivity contribution in [3.05, 3.63) is 15.8 Å². The number of unbranched alkanes of at least 4 members (excludes halogenated alkanes) is 2. The molecule has 1 rings (SSSR count). The van der Waals surface area contributed by atoms with E-state index >= 15 is 0 Å². The maximum absolute atomic E-state index is 11.0. The number of anilines is 1. The molecule has 1 aromatic heterocycles. The van der Waals surface area contributed by atoms with E-state index in [-0.39, 0.29) is 17.2 Å². The number of aliphatic hydroxyl groups is 1. The van der Waals surface area contributed by atoms with Gasteiger partial charge in [-0.1, -0.05) is 0 Å². The predicted octanol–water partition coefficient (Wildman–Crippen LogP) is 1.24. The van der Waals surface area contributed by atoms with E-state index in [9.17, 15) is 10.1 Å². The van der Waals surface area contributed by atoms with Crippen LogP contribution in [0.15, 0.2) is 0 Å². The second kappa shape index (κ2) is 6.34. The zero-order valence-electron chi connectivity index (χ0n) is 11.1. The molecule has 0 atom stereocenters. The molecule has 0 aliphatic heterocycles. The van der Waals surface area contributed by atoms with Crippen LogP contribution in [0.4, 0.5) is 11.5 Å². The lowest BCUT2D eigenvalue weighted by Crippen LogP contribution is -2.22. The maximum atomic E-state index is 11.0. The van der Waals surface area contributed by atoms with E-state index in [1.165, 1.54) is 0 Å². The van der Waals surface area contributed by atoms with E-state index in [4.69, 9.17) is 5.11 Å². The molecule has 1 heterocycles. The van der Waals surface area contributed by atoms with Gasteiger partial charge in [-0.3, -0.25) is 10.1 Å². The van der Waals surface area contributed by atoms with E-state index in [0.29, 0.717) is 18.1 Å². The molecule has 0 spiro atoms. The molecule has 0 saturated heterocycles. The fourth-order valence-electron chi connectivity index (χ4n) is 2.02. The molecule has 0 unspecified atom stereocenters. The molecule has 0 saturated carbocycles. The smallest absolute Gasteiger partial charge is 0.333 e. The van der Waals surface area contributed by atoms with Crippen LogP contribution in [0.1, 0.15) is 25.0 Å². The molecule has 0 radical (unpaired) electrons. The third-order valence-electron chi connectivity index (χ3n) is 2.86. The van der Waals surface area contributed by atoms with Crippen LogP contribution in [-0.4, -0.2) is 40.0 Å². The molecule has 0 aliphatic rings. The van der Waals surface area contributed by atoms with Gasteiger partial charge in [-0.05, 0) is 26.2 Å². The van der Waals surface area contributed by atoms with Crippen LogP contribution >= 0.6 is 0 Å². The summed E-state index contributed by atoms with van der Waals surface area (Å²) >= 11 is 0. The normalized spacial score (nSPS) is 10.7. The van der Waals surface area contributed by atoms with Crippen molar-refractivity contribution in [3.8, 4) is 0 Å². The highest BCUT2D eigenvalue weighted by Crippen LogP contribution is 2.30. The lowest BCUT2D eigenvalue weighted by molar-refractivity contribution is -0.384. The minimum absolute atomic E-state index is 0.0714. The first-order chi connectivity index (χ1) is 8.49. The third-order valence-corrected chi connectivity index (χ3v) is 2.86. The summed E-state index contributed by atoms with van der Waals surface area (Å²) < 4.78 is 1.54. The second-order valence-electron chi connectivity index (χ2n) is 4.34. The van der Waals surface area contributed by atoms with Gasteiger partial charge in [0, 0.05) is 27.2 Å². The zero-order chi connectivity index (χ0) is 13.7. The van der Waals surface area contributed by atoms with Gasteiger partial charge in [0.2, 0.25) is 5.82 Å². The molecular weight excluding hydrogens is 236 g/mol. The van der Waals surface area contributed by atoms with Gasteiger partial charge in [-0.2, -0.15) is 5.10 Å². The summed E-state index contributed by atoms with van der Waals surface area (Å²) in [5.74, 6) is 0.529. The molecular formula is C11H20N4O3. The van der Waals surface area contributed by atoms with Crippen molar-refractivity contribution < 1.29 is 10.0 Å². The van der Waals surface area contributed by atoms with Crippen LogP contribution in [0.2, 0.25) is 0 Å². The fourth-order valence-corrected chi connectivity index (χ4v) is 2.02. The largest absolute Gasteiger partial charge is 0.396 e. The highest BCUT2D eigenvalue weighted by atomic mass is 16.6. The van der Waals surface area contributed by atoms with Crippen LogP contribution in [-0.2, 0) is 7.05 Å². The predicted molar refractivity (Wildman–Crippen MR) is 68.8 cm³/mol. The highest BCUT2D eigenvalue weighted by Gasteiger charge is 2.26. The van der Waals surface area contributed by atoms with Crippen molar-refractivity contribution in [3.63, 3.8) is 0 Å². The van der Waals surface area contributed by atoms with Gasteiger partial charge in [-0.25, -0.2) is 4.68 Å². The molecule has 1 aromatic rings. The van der Waals surface area contributed by atoms with Gasteiger partial charge in [0.1, 0.15) is 5.69 Å². The Morgan fingerprint density at radius 3 is 2.67 bits per heavy atom. The summed E-state index contributed by atoms with van der Waals surface area (Å²) in [6, 6.07) is 0. The summed E-state index contributed by atoms with van der Waals surface area (Å²) in [5.41, 5.74) is 0.502. The summed E-state index contributed by atoms with van der Waals surface area (Å²) in [6.45, 7) is 2.54. The number of hydrogen-bond donors (Lipinski definition) is 1. The van der Waals surface area contributed by atoms with Gasteiger partial charge in [-0.15, -0.1) is 0 Å². The number of aliphatic hydroxyl groups excluding tert-OH is 1. The van der Waals surface area contributed by atoms with E-state index in [1.807, 2.05) is 11.9 Å². The summed E-state index contributed by atoms with van der Waals surface area (Å²) in [7, 11) is 3.53. The Morgan fingerprint density at radius 1 is 1.44 bits per heavy atom. The molecule has 0 aliphatic carbocycles. The number of nitro groups is 1. The first-order valence-corrected chi connectivity index (χ1v) is 5.99. The Hall–Kier alpha value is -1.63. The number of rotatable bonds is 7. The molecule has 18 heavy (non-hydrogen) atoms. The fraction of sp³-hybridized carbons (Fsp3) is 0.727. The topological polar surface area (TPSA) is 84.4 Å². The number of aromatic nitrogens is 2. The Labute approximate surface area is 106 Å². The minimum Gasteiger partial charge on any atom is -0.396 e. The van der Waals surface area contributed by atoms with Crippen LogP contribution in [0, 0.1) is 17.0 Å². The Bertz CT molecular complexity index is 417. The van der Waals surface area contributed by atoms with Crippen molar-refractivity contribution in [2.45, 2.75) is 26.2 Å². The van der Waals surface area contributed by atoms with E-state index in [0.717, 1.165) is 19.3 Å². The van der Waals surface area contributed by atoms with Crippen LogP contribution in [0.5, 0.6) is 0 Å². The van der Waals surface area contributed by atoms with Crippen molar-refractivity contribution in [2.75, 3.05) is 25.1 Å². The lowest BCUT2D eigenvalue weighted by atomic mass is 10.2. The molecule has 102 valence electrons. The van der Waals surface area contributed by atoms with Crippen molar-refractivity contribution in [1.82, 2.24) is 9.78 Å². The average molecular weight is 256 g/mol. The zero-order valence-corrected chi connectivity index (χ0v) is 11.1. The Kier molecular flexibility index (Phi) is 5.08. The van der Waals surface area contributed by atoms with Gasteiger partial charge >= 0.3 is 5.69 Å².